The van der Waals surface area contributed by atoms with E-state index in [1.54, 1.807) is 18.2 Å². The second-order valence-electron chi connectivity index (χ2n) is 8.56. The van der Waals surface area contributed by atoms with Crippen molar-refractivity contribution < 1.29 is 18.4 Å². The van der Waals surface area contributed by atoms with Crippen LogP contribution >= 0.6 is 0 Å². The Morgan fingerprint density at radius 3 is 2.43 bits per heavy atom. The van der Waals surface area contributed by atoms with E-state index in [2.05, 4.69) is 5.32 Å². The van der Waals surface area contributed by atoms with E-state index in [1.807, 2.05) is 32.9 Å². The maximum atomic E-state index is 14.3. The Balaban J connectivity index is 2.13. The van der Waals surface area contributed by atoms with Gasteiger partial charge in [-0.25, -0.2) is 8.78 Å². The third-order valence-corrected chi connectivity index (χ3v) is 5.76. The van der Waals surface area contributed by atoms with E-state index in [9.17, 15) is 18.4 Å². The predicted octanol–water partition coefficient (Wildman–Crippen LogP) is 4.63. The van der Waals surface area contributed by atoms with E-state index in [0.717, 1.165) is 30.5 Å². The van der Waals surface area contributed by atoms with Gasteiger partial charge in [0.05, 0.1) is 0 Å². The number of anilines is 1. The Morgan fingerprint density at radius 1 is 1.06 bits per heavy atom. The van der Waals surface area contributed by atoms with E-state index >= 15 is 0 Å². The molecular weight excluding hydrogens is 450 g/mol. The topological polar surface area (TPSA) is 78.2 Å². The van der Waals surface area contributed by atoms with Crippen LogP contribution in [0.25, 0.3) is 0 Å². The number of pyridine rings is 1. The number of benzene rings is 2. The average Bonchev–Trinajstić information content (AvgIpc) is 2.80. The van der Waals surface area contributed by atoms with Crippen molar-refractivity contribution in [2.75, 3.05) is 4.90 Å². The van der Waals surface area contributed by atoms with Crippen LogP contribution in [0.15, 0.2) is 66.9 Å². The quantitative estimate of drug-likeness (QED) is 0.468. The van der Waals surface area contributed by atoms with Gasteiger partial charge in [-0.1, -0.05) is 43.7 Å². The zero-order valence-electron chi connectivity index (χ0n) is 20.1. The molecule has 0 radical (unpaired) electrons. The highest BCUT2D eigenvalue weighted by molar-refractivity contribution is 6.01. The number of nitrogens with one attached hydrogen (secondary N) is 2. The summed E-state index contributed by atoms with van der Waals surface area (Å²) in [7, 11) is 0. The number of rotatable bonds is 9. The van der Waals surface area contributed by atoms with E-state index in [1.165, 1.54) is 33.9 Å². The first-order valence-electron chi connectivity index (χ1n) is 11.6. The molecule has 0 saturated carbocycles. The van der Waals surface area contributed by atoms with Crippen LogP contribution in [0.3, 0.4) is 0 Å². The number of nitrogens with zero attached hydrogens (tertiary/aromatic N) is 2. The zero-order chi connectivity index (χ0) is 25.5. The van der Waals surface area contributed by atoms with Gasteiger partial charge in [-0.2, -0.15) is 0 Å². The highest BCUT2D eigenvalue weighted by atomic mass is 19.1. The molecule has 1 heterocycles. The van der Waals surface area contributed by atoms with Gasteiger partial charge in [0.15, 0.2) is 0 Å². The lowest BCUT2D eigenvalue weighted by molar-refractivity contribution is -0.127. The normalized spacial score (nSPS) is 12.6. The average molecular weight is 481 g/mol. The molecule has 0 bridgehead atoms. The van der Waals surface area contributed by atoms with Gasteiger partial charge in [-0.05, 0) is 55.7 Å². The molecule has 2 aromatic carbocycles. The Kier molecular flexibility index (Phi) is 8.52. The summed E-state index contributed by atoms with van der Waals surface area (Å²) in [6, 6.07) is 13.6. The number of carbonyl (C=O) groups is 2. The second-order valence-corrected chi connectivity index (χ2v) is 8.56. The second kappa shape index (κ2) is 11.6. The van der Waals surface area contributed by atoms with Gasteiger partial charge in [0.1, 0.15) is 29.7 Å². The lowest BCUT2D eigenvalue weighted by Gasteiger charge is -2.33. The number of carbonyl (C=O) groups excluding carboxylic acids is 2. The summed E-state index contributed by atoms with van der Waals surface area (Å²) < 4.78 is 29.0. The van der Waals surface area contributed by atoms with Crippen molar-refractivity contribution in [1.29, 1.82) is 5.41 Å². The molecule has 184 valence electrons. The van der Waals surface area contributed by atoms with Gasteiger partial charge in [0.2, 0.25) is 11.8 Å². The van der Waals surface area contributed by atoms with Crippen molar-refractivity contribution in [2.24, 2.45) is 0 Å². The molecule has 2 unspecified atom stereocenters. The van der Waals surface area contributed by atoms with Crippen molar-refractivity contribution in [3.63, 3.8) is 0 Å². The molecule has 2 N–H and O–H groups in total. The Labute approximate surface area is 203 Å². The number of halogens is 2. The number of amides is 2. The monoisotopic (exact) mass is 480 g/mol. The molecule has 0 saturated heterocycles. The lowest BCUT2D eigenvalue weighted by Crippen LogP contribution is -2.48. The fourth-order valence-corrected chi connectivity index (χ4v) is 4.04. The molecule has 2 amide bonds. The molecule has 0 aliphatic rings. The largest absolute Gasteiger partial charge is 0.352 e. The first-order chi connectivity index (χ1) is 16.7. The molecule has 2 atom stereocenters. The fourth-order valence-electron chi connectivity index (χ4n) is 4.04. The van der Waals surface area contributed by atoms with Crippen LogP contribution in [0.5, 0.6) is 0 Å². The maximum absolute atomic E-state index is 14.3. The molecule has 8 heteroatoms. The number of aromatic nitrogens is 1. The maximum Gasteiger partial charge on any atom is 0.248 e. The molecule has 0 aliphatic heterocycles. The molecule has 0 fully saturated rings. The minimum atomic E-state index is -1.08. The van der Waals surface area contributed by atoms with Crippen LogP contribution in [0.4, 0.5) is 14.5 Å². The first-order valence-corrected chi connectivity index (χ1v) is 11.6. The molecule has 3 rings (SSSR count). The molecule has 0 aliphatic carbocycles. The third-order valence-electron chi connectivity index (χ3n) is 5.76. The molecule has 1 aromatic heterocycles. The number of aryl methyl sites for hydroxylation is 1. The Hall–Kier alpha value is -3.81. The predicted molar refractivity (Wildman–Crippen MR) is 131 cm³/mol. The van der Waals surface area contributed by atoms with Crippen LogP contribution in [-0.4, -0.2) is 22.4 Å². The highest BCUT2D eigenvalue weighted by Gasteiger charge is 2.34. The molecule has 3 aromatic rings. The van der Waals surface area contributed by atoms with Gasteiger partial charge in [0, 0.05) is 24.0 Å². The summed E-state index contributed by atoms with van der Waals surface area (Å²) in [5.74, 6) is -2.10. The van der Waals surface area contributed by atoms with Gasteiger partial charge in [-0.15, -0.1) is 0 Å². The van der Waals surface area contributed by atoms with Crippen molar-refractivity contribution in [2.45, 2.75) is 52.2 Å². The SMILES string of the molecule is CCCC(C)NC(=O)C(c1ccccc1C)N(C(=O)Cn1ccc(F)cc1=N)c1cccc(F)c1. The van der Waals surface area contributed by atoms with E-state index < -0.39 is 29.5 Å². The van der Waals surface area contributed by atoms with Crippen LogP contribution in [0.1, 0.15) is 43.9 Å². The summed E-state index contributed by atoms with van der Waals surface area (Å²) in [6.45, 7) is 5.42. The minimum Gasteiger partial charge on any atom is -0.352 e. The van der Waals surface area contributed by atoms with Gasteiger partial charge < -0.3 is 9.88 Å². The van der Waals surface area contributed by atoms with Crippen molar-refractivity contribution >= 4 is 17.5 Å². The standard InChI is InChI=1S/C27H30F2N4O2/c1-4-8-19(3)31-27(35)26(23-12-6-5-9-18(23)2)33(22-11-7-10-20(28)15-22)25(34)17-32-14-13-21(29)16-24(32)30/h5-7,9-16,19,26,30H,4,8,17H2,1-3H3,(H,31,35). The third kappa shape index (κ3) is 6.41. The summed E-state index contributed by atoms with van der Waals surface area (Å²) in [5, 5.41) is 11.0. The minimum absolute atomic E-state index is 0.130. The smallest absolute Gasteiger partial charge is 0.248 e. The van der Waals surface area contributed by atoms with Crippen LogP contribution in [0, 0.1) is 24.0 Å². The number of hydrogen-bond donors (Lipinski definition) is 2. The highest BCUT2D eigenvalue weighted by Crippen LogP contribution is 2.31. The van der Waals surface area contributed by atoms with Crippen LogP contribution < -0.4 is 15.7 Å². The summed E-state index contributed by atoms with van der Waals surface area (Å²) >= 11 is 0. The van der Waals surface area contributed by atoms with Crippen molar-refractivity contribution in [3.05, 3.63) is 95.1 Å². The van der Waals surface area contributed by atoms with E-state index in [0.29, 0.717) is 5.56 Å². The van der Waals surface area contributed by atoms with E-state index in [4.69, 9.17) is 5.41 Å². The number of hydrogen-bond acceptors (Lipinski definition) is 3. The molecular formula is C27H30F2N4O2. The van der Waals surface area contributed by atoms with Gasteiger partial charge in [-0.3, -0.25) is 19.9 Å². The molecule has 35 heavy (non-hydrogen) atoms. The molecule has 0 spiro atoms. The summed E-state index contributed by atoms with van der Waals surface area (Å²) in [6.07, 6.45) is 2.93. The van der Waals surface area contributed by atoms with Crippen molar-refractivity contribution in [3.8, 4) is 0 Å². The van der Waals surface area contributed by atoms with Gasteiger partial charge in [0.25, 0.3) is 0 Å². The summed E-state index contributed by atoms with van der Waals surface area (Å²) in [4.78, 5) is 28.6. The van der Waals surface area contributed by atoms with Crippen molar-refractivity contribution in [1.82, 2.24) is 9.88 Å². The van der Waals surface area contributed by atoms with Crippen LogP contribution in [0.2, 0.25) is 0 Å². The lowest BCUT2D eigenvalue weighted by atomic mass is 9.97. The zero-order valence-corrected chi connectivity index (χ0v) is 20.1. The summed E-state index contributed by atoms with van der Waals surface area (Å²) in [5.41, 5.74) is 1.39. The Morgan fingerprint density at radius 2 is 1.77 bits per heavy atom. The Bertz CT molecular complexity index is 1260. The van der Waals surface area contributed by atoms with Crippen LogP contribution in [-0.2, 0) is 16.1 Å². The van der Waals surface area contributed by atoms with E-state index in [-0.39, 0.29) is 23.8 Å². The first kappa shape index (κ1) is 25.8. The molecule has 6 nitrogen and oxygen atoms in total. The van der Waals surface area contributed by atoms with Gasteiger partial charge >= 0.3 is 0 Å². The fraction of sp³-hybridized carbons (Fsp3) is 0.296.